The van der Waals surface area contributed by atoms with E-state index in [1.165, 1.54) is 6.33 Å². The van der Waals surface area contributed by atoms with Crippen molar-refractivity contribution < 1.29 is 9.53 Å². The normalized spacial score (nSPS) is 11.9. The van der Waals surface area contributed by atoms with E-state index in [1.807, 2.05) is 13.8 Å². The number of ether oxygens (including phenoxy) is 1. The van der Waals surface area contributed by atoms with Crippen molar-refractivity contribution in [2.75, 3.05) is 6.61 Å². The molecule has 1 amide bonds. The van der Waals surface area contributed by atoms with Gasteiger partial charge in [0.2, 0.25) is 0 Å². The average molecular weight is 295 g/mol. The molecule has 2 rings (SSSR count). The van der Waals surface area contributed by atoms with Crippen LogP contribution in [0.3, 0.4) is 0 Å². The highest BCUT2D eigenvalue weighted by Gasteiger charge is 2.12. The molecule has 0 spiro atoms. The number of nitrogens with one attached hydrogen (secondary N) is 2. The van der Waals surface area contributed by atoms with Crippen LogP contribution in [0, 0.1) is 6.92 Å². The molecule has 1 unspecified atom stereocenters. The Morgan fingerprint density at radius 1 is 1.55 bits per heavy atom. The van der Waals surface area contributed by atoms with Gasteiger partial charge in [-0.2, -0.15) is 5.10 Å². The van der Waals surface area contributed by atoms with Crippen molar-refractivity contribution in [3.8, 4) is 5.75 Å². The molecule has 106 valence electrons. The first-order valence-electron chi connectivity index (χ1n) is 6.10. The molecular weight excluding hydrogens is 280 g/mol. The molecule has 2 aromatic rings. The number of aromatic nitrogens is 3. The second kappa shape index (κ2) is 6.38. The van der Waals surface area contributed by atoms with Crippen molar-refractivity contribution in [3.63, 3.8) is 0 Å². The lowest BCUT2D eigenvalue weighted by Gasteiger charge is -2.12. The number of amides is 1. The van der Waals surface area contributed by atoms with E-state index < -0.39 is 0 Å². The number of H-pyrrole nitrogens is 1. The SMILES string of the molecule is Cc1cc(OCC(=O)NC(C)c2ncn[nH]2)ccc1Cl. The van der Waals surface area contributed by atoms with E-state index in [4.69, 9.17) is 16.3 Å². The summed E-state index contributed by atoms with van der Waals surface area (Å²) in [5.41, 5.74) is 0.902. The van der Waals surface area contributed by atoms with Crippen LogP contribution in [0.4, 0.5) is 0 Å². The average Bonchev–Trinajstić information content (AvgIpc) is 2.94. The molecule has 20 heavy (non-hydrogen) atoms. The zero-order chi connectivity index (χ0) is 14.5. The molecule has 0 saturated heterocycles. The number of carbonyl (C=O) groups excluding carboxylic acids is 1. The van der Waals surface area contributed by atoms with Crippen molar-refractivity contribution in [3.05, 3.63) is 40.9 Å². The van der Waals surface area contributed by atoms with Crippen LogP contribution in [-0.4, -0.2) is 27.7 Å². The molecule has 6 nitrogen and oxygen atoms in total. The maximum atomic E-state index is 11.7. The van der Waals surface area contributed by atoms with Crippen molar-refractivity contribution in [2.24, 2.45) is 0 Å². The molecule has 0 aliphatic rings. The third-order valence-electron chi connectivity index (χ3n) is 2.72. The molecule has 0 bridgehead atoms. The Morgan fingerprint density at radius 3 is 3.00 bits per heavy atom. The quantitative estimate of drug-likeness (QED) is 0.884. The summed E-state index contributed by atoms with van der Waals surface area (Å²) in [6, 6.07) is 5.00. The third-order valence-corrected chi connectivity index (χ3v) is 3.14. The van der Waals surface area contributed by atoms with Gasteiger partial charge in [0.1, 0.15) is 17.9 Å². The minimum absolute atomic E-state index is 0.0699. The number of aromatic amines is 1. The lowest BCUT2D eigenvalue weighted by molar-refractivity contribution is -0.123. The summed E-state index contributed by atoms with van der Waals surface area (Å²) in [7, 11) is 0. The van der Waals surface area contributed by atoms with Gasteiger partial charge < -0.3 is 10.1 Å². The summed E-state index contributed by atoms with van der Waals surface area (Å²) in [5.74, 6) is 0.969. The van der Waals surface area contributed by atoms with Crippen LogP contribution < -0.4 is 10.1 Å². The molecule has 0 aliphatic heterocycles. The van der Waals surface area contributed by atoms with Crippen LogP contribution in [0.25, 0.3) is 0 Å². The Labute approximate surface area is 121 Å². The van der Waals surface area contributed by atoms with E-state index in [9.17, 15) is 4.79 Å². The molecule has 1 aromatic carbocycles. The summed E-state index contributed by atoms with van der Waals surface area (Å²) >= 11 is 5.92. The lowest BCUT2D eigenvalue weighted by atomic mass is 10.2. The van der Waals surface area contributed by atoms with Crippen LogP contribution in [0.5, 0.6) is 5.75 Å². The van der Waals surface area contributed by atoms with E-state index in [0.717, 1.165) is 5.56 Å². The second-order valence-electron chi connectivity index (χ2n) is 4.36. The third kappa shape index (κ3) is 3.71. The monoisotopic (exact) mass is 294 g/mol. The number of halogens is 1. The first kappa shape index (κ1) is 14.3. The van der Waals surface area contributed by atoms with Crippen molar-refractivity contribution in [1.29, 1.82) is 0 Å². The molecule has 1 heterocycles. The summed E-state index contributed by atoms with van der Waals surface area (Å²) in [6.45, 7) is 3.62. The van der Waals surface area contributed by atoms with Gasteiger partial charge in [0.05, 0.1) is 6.04 Å². The topological polar surface area (TPSA) is 79.9 Å². The Kier molecular flexibility index (Phi) is 4.57. The van der Waals surface area contributed by atoms with Crippen LogP contribution >= 0.6 is 11.6 Å². The maximum Gasteiger partial charge on any atom is 0.258 e. The van der Waals surface area contributed by atoms with Crippen molar-refractivity contribution in [1.82, 2.24) is 20.5 Å². The number of nitrogens with zero attached hydrogens (tertiary/aromatic N) is 2. The number of benzene rings is 1. The second-order valence-corrected chi connectivity index (χ2v) is 4.77. The smallest absolute Gasteiger partial charge is 0.258 e. The summed E-state index contributed by atoms with van der Waals surface area (Å²) in [4.78, 5) is 15.7. The summed E-state index contributed by atoms with van der Waals surface area (Å²) in [5, 5.41) is 9.85. The van der Waals surface area contributed by atoms with E-state index >= 15 is 0 Å². The van der Waals surface area contributed by atoms with Gasteiger partial charge in [-0.05, 0) is 37.6 Å². The molecule has 0 aliphatic carbocycles. The van der Waals surface area contributed by atoms with Crippen LogP contribution in [0.1, 0.15) is 24.4 Å². The van der Waals surface area contributed by atoms with E-state index in [-0.39, 0.29) is 18.6 Å². The molecule has 0 fully saturated rings. The maximum absolute atomic E-state index is 11.7. The van der Waals surface area contributed by atoms with Crippen LogP contribution in [0.15, 0.2) is 24.5 Å². The highest BCUT2D eigenvalue weighted by Crippen LogP contribution is 2.20. The number of rotatable bonds is 5. The van der Waals surface area contributed by atoms with Gasteiger partial charge in [-0.3, -0.25) is 9.89 Å². The Hall–Kier alpha value is -2.08. The predicted octanol–water partition coefficient (Wildman–Crippen LogP) is 2.02. The first-order chi connectivity index (χ1) is 9.56. The Bertz CT molecular complexity index is 586. The van der Waals surface area contributed by atoms with Crippen molar-refractivity contribution >= 4 is 17.5 Å². The largest absolute Gasteiger partial charge is 0.484 e. The van der Waals surface area contributed by atoms with Gasteiger partial charge >= 0.3 is 0 Å². The number of aryl methyl sites for hydroxylation is 1. The number of hydrogen-bond acceptors (Lipinski definition) is 4. The van der Waals surface area contributed by atoms with Gasteiger partial charge in [-0.15, -0.1) is 0 Å². The predicted molar refractivity (Wildman–Crippen MR) is 74.6 cm³/mol. The van der Waals surface area contributed by atoms with E-state index in [2.05, 4.69) is 20.5 Å². The van der Waals surface area contributed by atoms with Gasteiger partial charge in [0, 0.05) is 5.02 Å². The van der Waals surface area contributed by atoms with Gasteiger partial charge in [-0.1, -0.05) is 11.6 Å². The Morgan fingerprint density at radius 2 is 2.35 bits per heavy atom. The molecular formula is C13H15ClN4O2. The minimum Gasteiger partial charge on any atom is -0.484 e. The standard InChI is InChI=1S/C13H15ClN4O2/c1-8-5-10(3-4-11(8)14)20-6-12(19)17-9(2)13-15-7-16-18-13/h3-5,7,9H,6H2,1-2H3,(H,17,19)(H,15,16,18). The zero-order valence-corrected chi connectivity index (χ0v) is 11.9. The number of carbonyl (C=O) groups is 1. The Balaban J connectivity index is 1.84. The van der Waals surface area contributed by atoms with Gasteiger partial charge in [0.15, 0.2) is 6.61 Å². The van der Waals surface area contributed by atoms with Crippen LogP contribution in [-0.2, 0) is 4.79 Å². The molecule has 1 atom stereocenters. The van der Waals surface area contributed by atoms with Gasteiger partial charge in [-0.25, -0.2) is 4.98 Å². The van der Waals surface area contributed by atoms with E-state index in [1.54, 1.807) is 18.2 Å². The minimum atomic E-state index is -0.249. The zero-order valence-electron chi connectivity index (χ0n) is 11.2. The molecule has 1 aromatic heterocycles. The fourth-order valence-corrected chi connectivity index (χ4v) is 1.75. The fraction of sp³-hybridized carbons (Fsp3) is 0.308. The van der Waals surface area contributed by atoms with E-state index in [0.29, 0.717) is 16.6 Å². The highest BCUT2D eigenvalue weighted by molar-refractivity contribution is 6.31. The summed E-state index contributed by atoms with van der Waals surface area (Å²) in [6.07, 6.45) is 1.39. The summed E-state index contributed by atoms with van der Waals surface area (Å²) < 4.78 is 5.40. The lowest BCUT2D eigenvalue weighted by Crippen LogP contribution is -2.31. The molecule has 0 saturated carbocycles. The highest BCUT2D eigenvalue weighted by atomic mass is 35.5. The first-order valence-corrected chi connectivity index (χ1v) is 6.47. The molecule has 7 heteroatoms. The van der Waals surface area contributed by atoms with Gasteiger partial charge in [0.25, 0.3) is 5.91 Å². The van der Waals surface area contributed by atoms with Crippen LogP contribution in [0.2, 0.25) is 5.02 Å². The number of hydrogen-bond donors (Lipinski definition) is 2. The molecule has 2 N–H and O–H groups in total. The van der Waals surface area contributed by atoms with Crippen molar-refractivity contribution in [2.45, 2.75) is 19.9 Å². The molecule has 0 radical (unpaired) electrons. The fourth-order valence-electron chi connectivity index (χ4n) is 1.63.